The van der Waals surface area contributed by atoms with Gasteiger partial charge in [-0.3, -0.25) is 14.4 Å². The maximum Gasteiger partial charge on any atom is 0.239 e. The smallest absolute Gasteiger partial charge is 0.239 e. The lowest BCUT2D eigenvalue weighted by Crippen LogP contribution is -2.60. The van der Waals surface area contributed by atoms with Crippen molar-refractivity contribution in [1.82, 2.24) is 24.6 Å². The minimum absolute atomic E-state index is 0.0383. The molecule has 0 unspecified atom stereocenters. The molecule has 8 heteroatoms. The van der Waals surface area contributed by atoms with Crippen LogP contribution in [0, 0.1) is 0 Å². The second-order valence-electron chi connectivity index (χ2n) is 8.27. The zero-order valence-corrected chi connectivity index (χ0v) is 17.5. The number of aromatic nitrogens is 3. The van der Waals surface area contributed by atoms with Gasteiger partial charge in [-0.25, -0.2) is 4.98 Å². The number of nitrogens with zero attached hydrogens (tertiary/aromatic N) is 5. The molecule has 0 bridgehead atoms. The number of halogens is 1. The van der Waals surface area contributed by atoms with Gasteiger partial charge in [-0.05, 0) is 37.0 Å². The van der Waals surface area contributed by atoms with Crippen molar-refractivity contribution < 1.29 is 4.79 Å². The third-order valence-corrected chi connectivity index (χ3v) is 6.66. The molecule has 1 amide bonds. The van der Waals surface area contributed by atoms with Gasteiger partial charge in [-0.15, -0.1) is 0 Å². The van der Waals surface area contributed by atoms with Crippen LogP contribution in [0.25, 0.3) is 0 Å². The molecule has 1 aromatic heterocycles. The molecule has 1 saturated heterocycles. The van der Waals surface area contributed by atoms with E-state index in [4.69, 9.17) is 17.3 Å². The van der Waals surface area contributed by atoms with E-state index in [1.165, 1.54) is 25.7 Å². The van der Waals surface area contributed by atoms with Gasteiger partial charge in [0.05, 0.1) is 12.6 Å². The van der Waals surface area contributed by atoms with Gasteiger partial charge in [0.25, 0.3) is 0 Å². The molecule has 0 spiro atoms. The van der Waals surface area contributed by atoms with Crippen LogP contribution in [-0.4, -0.2) is 68.2 Å². The number of carbonyl (C=O) groups excluding carboxylic acids is 1. The Balaban J connectivity index is 1.34. The molecular formula is C21H29ClN6O. The Morgan fingerprint density at radius 2 is 1.83 bits per heavy atom. The third kappa shape index (κ3) is 4.63. The molecule has 2 fully saturated rings. The molecule has 1 aliphatic carbocycles. The van der Waals surface area contributed by atoms with Gasteiger partial charge in [0, 0.05) is 36.7 Å². The van der Waals surface area contributed by atoms with E-state index in [0.29, 0.717) is 11.4 Å². The molecule has 1 atom stereocenters. The van der Waals surface area contributed by atoms with Gasteiger partial charge in [0.2, 0.25) is 5.91 Å². The van der Waals surface area contributed by atoms with Crippen LogP contribution < -0.4 is 5.73 Å². The van der Waals surface area contributed by atoms with Crippen molar-refractivity contribution in [3.05, 3.63) is 47.5 Å². The number of nitrogens with two attached hydrogens (primary N) is 1. The number of rotatable bonds is 6. The van der Waals surface area contributed by atoms with Crippen LogP contribution >= 0.6 is 11.6 Å². The fourth-order valence-corrected chi connectivity index (χ4v) is 4.95. The van der Waals surface area contributed by atoms with E-state index < -0.39 is 6.04 Å². The average molecular weight is 417 g/mol. The van der Waals surface area contributed by atoms with Crippen molar-refractivity contribution in [2.75, 3.05) is 26.2 Å². The van der Waals surface area contributed by atoms with Crippen molar-refractivity contribution >= 4 is 17.5 Å². The number of amides is 1. The summed E-state index contributed by atoms with van der Waals surface area (Å²) in [7, 11) is 0. The van der Waals surface area contributed by atoms with Gasteiger partial charge in [-0.1, -0.05) is 36.6 Å². The predicted octanol–water partition coefficient (Wildman–Crippen LogP) is 1.96. The summed E-state index contributed by atoms with van der Waals surface area (Å²) < 4.78 is 1.95. The molecule has 1 aromatic carbocycles. The summed E-state index contributed by atoms with van der Waals surface area (Å²) in [6, 6.07) is 7.02. The zero-order valence-electron chi connectivity index (χ0n) is 16.7. The van der Waals surface area contributed by atoms with Crippen molar-refractivity contribution in [2.45, 2.75) is 50.2 Å². The Bertz CT molecular complexity index is 795. The molecule has 4 rings (SSSR count). The van der Waals surface area contributed by atoms with Crippen LogP contribution in [-0.2, 0) is 17.8 Å². The maximum atomic E-state index is 12.9. The molecular weight excluding hydrogens is 388 g/mol. The summed E-state index contributed by atoms with van der Waals surface area (Å²) in [6.07, 6.45) is 8.79. The summed E-state index contributed by atoms with van der Waals surface area (Å²) in [6.45, 7) is 4.09. The van der Waals surface area contributed by atoms with Crippen LogP contribution in [0.3, 0.4) is 0 Å². The quantitative estimate of drug-likeness (QED) is 0.778. The second kappa shape index (κ2) is 8.81. The van der Waals surface area contributed by atoms with E-state index in [1.807, 2.05) is 33.8 Å². The molecule has 2 heterocycles. The summed E-state index contributed by atoms with van der Waals surface area (Å²) in [5.74, 6) is 0.0383. The van der Waals surface area contributed by atoms with E-state index >= 15 is 0 Å². The van der Waals surface area contributed by atoms with Crippen LogP contribution in [0.15, 0.2) is 36.9 Å². The number of hydrogen-bond acceptors (Lipinski definition) is 5. The van der Waals surface area contributed by atoms with Gasteiger partial charge in [0.1, 0.15) is 12.7 Å². The van der Waals surface area contributed by atoms with Crippen LogP contribution in [0.5, 0.6) is 0 Å². The lowest BCUT2D eigenvalue weighted by atomic mass is 9.93. The summed E-state index contributed by atoms with van der Waals surface area (Å²) in [5, 5.41) is 5.01. The number of carbonyl (C=O) groups is 1. The summed E-state index contributed by atoms with van der Waals surface area (Å²) in [5.41, 5.74) is 7.40. The van der Waals surface area contributed by atoms with Crippen LogP contribution in [0.4, 0.5) is 0 Å². The van der Waals surface area contributed by atoms with Gasteiger partial charge >= 0.3 is 0 Å². The first-order valence-corrected chi connectivity index (χ1v) is 10.8. The predicted molar refractivity (Wildman–Crippen MR) is 113 cm³/mol. The molecule has 0 radical (unpaired) electrons. The standard InChI is InChI=1S/C21H29ClN6O/c22-18-5-3-17(4-6-18)13-19(23)20(29)26-9-11-27(12-10-26)21(7-1-2-8-21)14-28-16-24-15-25-28/h3-6,15-16,19H,1-2,7-14,23H2/t19-/m1/s1. The number of piperazine rings is 1. The first kappa shape index (κ1) is 20.3. The van der Waals surface area contributed by atoms with Crippen molar-refractivity contribution in [3.8, 4) is 0 Å². The molecule has 2 N–H and O–H groups in total. The van der Waals surface area contributed by atoms with Gasteiger partial charge in [0.15, 0.2) is 0 Å². The lowest BCUT2D eigenvalue weighted by molar-refractivity contribution is -0.135. The van der Waals surface area contributed by atoms with Gasteiger partial charge in [-0.2, -0.15) is 5.10 Å². The second-order valence-corrected chi connectivity index (χ2v) is 8.71. The van der Waals surface area contributed by atoms with E-state index in [0.717, 1.165) is 38.3 Å². The maximum absolute atomic E-state index is 12.9. The van der Waals surface area contributed by atoms with Crippen molar-refractivity contribution in [2.24, 2.45) is 5.73 Å². The first-order chi connectivity index (χ1) is 14.1. The van der Waals surface area contributed by atoms with E-state index in [-0.39, 0.29) is 11.4 Å². The SMILES string of the molecule is N[C@H](Cc1ccc(Cl)cc1)C(=O)N1CCN(C2(Cn3cncn3)CCCC2)CC1. The summed E-state index contributed by atoms with van der Waals surface area (Å²) >= 11 is 5.94. The fraction of sp³-hybridized carbons (Fsp3) is 0.571. The first-order valence-electron chi connectivity index (χ1n) is 10.4. The Morgan fingerprint density at radius 3 is 2.45 bits per heavy atom. The largest absolute Gasteiger partial charge is 0.339 e. The van der Waals surface area contributed by atoms with E-state index in [9.17, 15) is 4.79 Å². The third-order valence-electron chi connectivity index (χ3n) is 6.41. The average Bonchev–Trinajstić information content (AvgIpc) is 3.42. The highest BCUT2D eigenvalue weighted by Crippen LogP contribution is 2.37. The van der Waals surface area contributed by atoms with Crippen LogP contribution in [0.2, 0.25) is 5.02 Å². The molecule has 156 valence electrons. The van der Waals surface area contributed by atoms with Crippen molar-refractivity contribution in [1.29, 1.82) is 0 Å². The van der Waals surface area contributed by atoms with E-state index in [1.54, 1.807) is 12.7 Å². The van der Waals surface area contributed by atoms with Crippen LogP contribution in [0.1, 0.15) is 31.2 Å². The number of hydrogen-bond donors (Lipinski definition) is 1. The summed E-state index contributed by atoms with van der Waals surface area (Å²) in [4.78, 5) is 21.5. The molecule has 1 aliphatic heterocycles. The Kier molecular flexibility index (Phi) is 6.18. The molecule has 7 nitrogen and oxygen atoms in total. The Hall–Kier alpha value is -1.96. The highest BCUT2D eigenvalue weighted by Gasteiger charge is 2.42. The van der Waals surface area contributed by atoms with Crippen molar-refractivity contribution in [3.63, 3.8) is 0 Å². The fourth-order valence-electron chi connectivity index (χ4n) is 4.82. The van der Waals surface area contributed by atoms with E-state index in [2.05, 4.69) is 15.0 Å². The minimum Gasteiger partial charge on any atom is -0.339 e. The molecule has 2 aromatic rings. The topological polar surface area (TPSA) is 80.3 Å². The Morgan fingerprint density at radius 1 is 1.14 bits per heavy atom. The highest BCUT2D eigenvalue weighted by atomic mass is 35.5. The Labute approximate surface area is 176 Å². The lowest BCUT2D eigenvalue weighted by Gasteiger charge is -2.46. The molecule has 29 heavy (non-hydrogen) atoms. The molecule has 2 aliphatic rings. The molecule has 1 saturated carbocycles. The monoisotopic (exact) mass is 416 g/mol. The normalized spacial score (nSPS) is 20.7. The minimum atomic E-state index is -0.515. The van der Waals surface area contributed by atoms with Gasteiger partial charge < -0.3 is 10.6 Å². The number of benzene rings is 1. The highest BCUT2D eigenvalue weighted by molar-refractivity contribution is 6.30. The zero-order chi connectivity index (χ0) is 20.3.